The first-order valence-corrected chi connectivity index (χ1v) is 5.66. The second-order valence-corrected chi connectivity index (χ2v) is 4.19. The molecule has 1 heterocycles. The van der Waals surface area contributed by atoms with Gasteiger partial charge in [-0.05, 0) is 36.8 Å². The summed E-state index contributed by atoms with van der Waals surface area (Å²) in [6.07, 6.45) is 1.55. The number of nitrogen functional groups attached to an aromatic ring is 1. The smallest absolute Gasteiger partial charge is 0.128 e. The summed E-state index contributed by atoms with van der Waals surface area (Å²) < 4.78 is 27.1. The minimum atomic E-state index is -0.760. The molecule has 0 aliphatic carbocycles. The highest BCUT2D eigenvalue weighted by molar-refractivity contribution is 5.50. The molecule has 0 aliphatic rings. The second-order valence-electron chi connectivity index (χ2n) is 4.19. The van der Waals surface area contributed by atoms with Crippen LogP contribution in [0.15, 0.2) is 30.5 Å². The molecule has 19 heavy (non-hydrogen) atoms. The van der Waals surface area contributed by atoms with Crippen molar-refractivity contribution in [2.24, 2.45) is 5.84 Å². The van der Waals surface area contributed by atoms with E-state index < -0.39 is 17.7 Å². The average Bonchev–Trinajstić information content (AvgIpc) is 2.37. The molecule has 0 bridgehead atoms. The van der Waals surface area contributed by atoms with Crippen LogP contribution in [-0.2, 0) is 0 Å². The van der Waals surface area contributed by atoms with Crippen LogP contribution in [0, 0.1) is 18.6 Å². The van der Waals surface area contributed by atoms with E-state index in [-0.39, 0.29) is 11.4 Å². The van der Waals surface area contributed by atoms with E-state index in [0.717, 1.165) is 23.8 Å². The van der Waals surface area contributed by atoms with Crippen molar-refractivity contribution < 1.29 is 8.78 Å². The van der Waals surface area contributed by atoms with Crippen molar-refractivity contribution in [2.75, 3.05) is 5.73 Å². The number of anilines is 1. The standard InChI is InChI=1S/C13H14F2N4/c1-7-4-5-18-13(16)11(7)12(19-17)9-6-8(14)2-3-10(9)15/h2-6,12,19H,17H2,1H3,(H2,16,18). The van der Waals surface area contributed by atoms with Crippen LogP contribution >= 0.6 is 0 Å². The minimum Gasteiger partial charge on any atom is -0.383 e. The first-order chi connectivity index (χ1) is 9.04. The lowest BCUT2D eigenvalue weighted by Crippen LogP contribution is -2.31. The number of hydrogen-bond acceptors (Lipinski definition) is 4. The van der Waals surface area contributed by atoms with E-state index in [1.54, 1.807) is 19.2 Å². The number of aryl methyl sites for hydroxylation is 1. The molecule has 1 aromatic heterocycles. The van der Waals surface area contributed by atoms with Gasteiger partial charge in [-0.25, -0.2) is 19.2 Å². The molecule has 0 radical (unpaired) electrons. The first-order valence-electron chi connectivity index (χ1n) is 5.66. The number of rotatable bonds is 3. The number of aromatic nitrogens is 1. The van der Waals surface area contributed by atoms with E-state index in [1.165, 1.54) is 0 Å². The third kappa shape index (κ3) is 2.54. The molecule has 0 saturated heterocycles. The minimum absolute atomic E-state index is 0.0882. The van der Waals surface area contributed by atoms with E-state index in [9.17, 15) is 8.78 Å². The summed E-state index contributed by atoms with van der Waals surface area (Å²) in [5, 5.41) is 0. The van der Waals surface area contributed by atoms with Gasteiger partial charge in [0.1, 0.15) is 17.5 Å². The zero-order chi connectivity index (χ0) is 14.0. The number of hydrogen-bond donors (Lipinski definition) is 3. The van der Waals surface area contributed by atoms with Gasteiger partial charge < -0.3 is 5.73 Å². The molecule has 0 aliphatic heterocycles. The summed E-state index contributed by atoms with van der Waals surface area (Å²) in [5.74, 6) is 4.59. The zero-order valence-electron chi connectivity index (χ0n) is 10.3. The van der Waals surface area contributed by atoms with Crippen LogP contribution in [0.5, 0.6) is 0 Å². The van der Waals surface area contributed by atoms with Crippen molar-refractivity contribution in [1.29, 1.82) is 0 Å². The van der Waals surface area contributed by atoms with Gasteiger partial charge in [0.05, 0.1) is 6.04 Å². The summed E-state index contributed by atoms with van der Waals surface area (Å²) in [6, 6.07) is 4.16. The first kappa shape index (κ1) is 13.4. The number of hydrazine groups is 1. The van der Waals surface area contributed by atoms with Crippen LogP contribution in [0.1, 0.15) is 22.7 Å². The van der Waals surface area contributed by atoms with Gasteiger partial charge in [0.2, 0.25) is 0 Å². The molecule has 2 aromatic rings. The number of nitrogens with one attached hydrogen (secondary N) is 1. The Morgan fingerprint density at radius 1 is 1.26 bits per heavy atom. The van der Waals surface area contributed by atoms with E-state index in [4.69, 9.17) is 11.6 Å². The van der Waals surface area contributed by atoms with E-state index in [1.807, 2.05) is 0 Å². The van der Waals surface area contributed by atoms with Gasteiger partial charge in [0.25, 0.3) is 0 Å². The Bertz CT molecular complexity index is 581. The molecule has 2 rings (SSSR count). The van der Waals surface area contributed by atoms with Crippen LogP contribution in [-0.4, -0.2) is 4.98 Å². The van der Waals surface area contributed by atoms with Gasteiger partial charge in [-0.15, -0.1) is 0 Å². The van der Waals surface area contributed by atoms with Crippen LogP contribution < -0.4 is 17.0 Å². The van der Waals surface area contributed by atoms with Crippen LogP contribution in [0.25, 0.3) is 0 Å². The summed E-state index contributed by atoms with van der Waals surface area (Å²) in [6.45, 7) is 1.80. The number of halogens is 2. The molecule has 0 amide bonds. The highest BCUT2D eigenvalue weighted by Crippen LogP contribution is 2.29. The summed E-state index contributed by atoms with van der Waals surface area (Å²) in [7, 11) is 0. The maximum Gasteiger partial charge on any atom is 0.128 e. The normalized spacial score (nSPS) is 12.4. The highest BCUT2D eigenvalue weighted by atomic mass is 19.1. The topological polar surface area (TPSA) is 77.0 Å². The lowest BCUT2D eigenvalue weighted by atomic mass is 9.95. The lowest BCUT2D eigenvalue weighted by Gasteiger charge is -2.20. The van der Waals surface area contributed by atoms with Crippen molar-refractivity contribution in [2.45, 2.75) is 13.0 Å². The molecule has 1 unspecified atom stereocenters. The number of nitrogens with zero attached hydrogens (tertiary/aromatic N) is 1. The van der Waals surface area contributed by atoms with Gasteiger partial charge in [-0.3, -0.25) is 5.84 Å². The van der Waals surface area contributed by atoms with Crippen molar-refractivity contribution in [3.05, 3.63) is 58.8 Å². The van der Waals surface area contributed by atoms with Gasteiger partial charge >= 0.3 is 0 Å². The molecule has 0 fully saturated rings. The average molecular weight is 264 g/mol. The number of pyridine rings is 1. The molecule has 4 nitrogen and oxygen atoms in total. The molecule has 6 heteroatoms. The Kier molecular flexibility index (Phi) is 3.73. The SMILES string of the molecule is Cc1ccnc(N)c1C(NN)c1cc(F)ccc1F. The van der Waals surface area contributed by atoms with Gasteiger partial charge in [-0.2, -0.15) is 0 Å². The largest absolute Gasteiger partial charge is 0.383 e. The van der Waals surface area contributed by atoms with Crippen molar-refractivity contribution in [3.63, 3.8) is 0 Å². The molecule has 1 aromatic carbocycles. The van der Waals surface area contributed by atoms with E-state index >= 15 is 0 Å². The van der Waals surface area contributed by atoms with E-state index in [2.05, 4.69) is 10.4 Å². The maximum absolute atomic E-state index is 13.8. The Morgan fingerprint density at radius 3 is 2.63 bits per heavy atom. The Balaban J connectivity index is 2.59. The van der Waals surface area contributed by atoms with Crippen molar-refractivity contribution in [3.8, 4) is 0 Å². The Hall–Kier alpha value is -2.05. The fraction of sp³-hybridized carbons (Fsp3) is 0.154. The predicted octanol–water partition coefficient (Wildman–Crippen LogP) is 1.80. The molecule has 5 N–H and O–H groups in total. The van der Waals surface area contributed by atoms with Crippen LogP contribution in [0.2, 0.25) is 0 Å². The van der Waals surface area contributed by atoms with Crippen molar-refractivity contribution >= 4 is 5.82 Å². The number of nitrogens with two attached hydrogens (primary N) is 2. The van der Waals surface area contributed by atoms with E-state index in [0.29, 0.717) is 5.56 Å². The monoisotopic (exact) mass is 264 g/mol. The fourth-order valence-corrected chi connectivity index (χ4v) is 2.03. The number of benzene rings is 1. The molecular formula is C13H14F2N4. The molecule has 0 spiro atoms. The predicted molar refractivity (Wildman–Crippen MR) is 68.9 cm³/mol. The van der Waals surface area contributed by atoms with Gasteiger partial charge in [0, 0.05) is 17.3 Å². The van der Waals surface area contributed by atoms with Crippen LogP contribution in [0.3, 0.4) is 0 Å². The maximum atomic E-state index is 13.8. The second kappa shape index (κ2) is 5.29. The third-order valence-corrected chi connectivity index (χ3v) is 2.96. The van der Waals surface area contributed by atoms with Crippen molar-refractivity contribution in [1.82, 2.24) is 10.4 Å². The molecule has 1 atom stereocenters. The van der Waals surface area contributed by atoms with Crippen LogP contribution in [0.4, 0.5) is 14.6 Å². The quantitative estimate of drug-likeness (QED) is 0.583. The molecule has 0 saturated carbocycles. The Labute approximate surface area is 109 Å². The molecular weight excluding hydrogens is 250 g/mol. The zero-order valence-corrected chi connectivity index (χ0v) is 10.3. The summed E-state index contributed by atoms with van der Waals surface area (Å²) in [5.41, 5.74) is 9.67. The lowest BCUT2D eigenvalue weighted by molar-refractivity contribution is 0.544. The third-order valence-electron chi connectivity index (χ3n) is 2.96. The summed E-state index contributed by atoms with van der Waals surface area (Å²) >= 11 is 0. The Morgan fingerprint density at radius 2 is 2.00 bits per heavy atom. The van der Waals surface area contributed by atoms with Gasteiger partial charge in [0.15, 0.2) is 0 Å². The molecule has 100 valence electrons. The van der Waals surface area contributed by atoms with Gasteiger partial charge in [-0.1, -0.05) is 0 Å². The highest BCUT2D eigenvalue weighted by Gasteiger charge is 2.21. The summed E-state index contributed by atoms with van der Waals surface area (Å²) in [4.78, 5) is 3.95. The fourth-order valence-electron chi connectivity index (χ4n) is 2.03.